The average Bonchev–Trinajstić information content (AvgIpc) is 2.92. The Morgan fingerprint density at radius 3 is 2.73 bits per heavy atom. The third-order valence-corrected chi connectivity index (χ3v) is 6.14. The van der Waals surface area contributed by atoms with E-state index in [1.165, 1.54) is 6.21 Å². The summed E-state index contributed by atoms with van der Waals surface area (Å²) in [6.07, 6.45) is 1.45. The highest BCUT2D eigenvalue weighted by molar-refractivity contribution is 6.08. The van der Waals surface area contributed by atoms with Crippen molar-refractivity contribution in [2.45, 2.75) is 39.3 Å². The minimum Gasteiger partial charge on any atom is -0.491 e. The first-order valence-corrected chi connectivity index (χ1v) is 12.8. The molecule has 1 aliphatic heterocycles. The van der Waals surface area contributed by atoms with E-state index in [0.717, 1.165) is 6.42 Å². The van der Waals surface area contributed by atoms with E-state index in [9.17, 15) is 9.90 Å². The summed E-state index contributed by atoms with van der Waals surface area (Å²) in [4.78, 5) is 20.4. The van der Waals surface area contributed by atoms with Crippen molar-refractivity contribution in [2.24, 2.45) is 0 Å². The summed E-state index contributed by atoms with van der Waals surface area (Å²) in [5.74, 6) is 0.579. The van der Waals surface area contributed by atoms with Gasteiger partial charge in [-0.15, -0.1) is 0 Å². The molecule has 2 atom stereocenters. The Hall–Kier alpha value is -3.21. The van der Waals surface area contributed by atoms with Gasteiger partial charge in [0.05, 0.1) is 36.8 Å². The van der Waals surface area contributed by atoms with Crippen molar-refractivity contribution in [3.05, 3.63) is 35.4 Å². The molecule has 2 heterocycles. The number of nitrogens with zero attached hydrogens (tertiary/aromatic N) is 2. The van der Waals surface area contributed by atoms with Gasteiger partial charge >= 0.3 is 5.97 Å². The number of ether oxygens (including phenoxy) is 3. The smallest absolute Gasteiger partial charge is 0.342 e. The van der Waals surface area contributed by atoms with Crippen molar-refractivity contribution in [1.29, 1.82) is 5.41 Å². The standard InChI is InChI=1S/C27H39N5O5/c1-5-18(3)30-26-22(15-28)25(32-10-12-35-13-11-32)23(27(34)36-6-2)24(31-26)19-8-7-9-21(14-19)37-17-20(33)16-29-4/h7-9,14-15,18,20,28-29,33H,5-6,10-13,16-17H2,1-4H3,(H,30,31). The molecule has 0 saturated carbocycles. The molecule has 0 amide bonds. The first kappa shape index (κ1) is 28.4. The monoisotopic (exact) mass is 513 g/mol. The van der Waals surface area contributed by atoms with Gasteiger partial charge < -0.3 is 40.3 Å². The van der Waals surface area contributed by atoms with Gasteiger partial charge in [0.1, 0.15) is 29.8 Å². The molecule has 1 aromatic carbocycles. The van der Waals surface area contributed by atoms with Crippen molar-refractivity contribution in [3.63, 3.8) is 0 Å². The number of nitrogens with one attached hydrogen (secondary N) is 3. The third kappa shape index (κ3) is 7.18. The maximum Gasteiger partial charge on any atom is 0.342 e. The number of carbonyl (C=O) groups is 1. The number of morpholine rings is 1. The number of aliphatic hydroxyl groups excluding tert-OH is 1. The Kier molecular flexibility index (Phi) is 10.7. The maximum absolute atomic E-state index is 13.4. The number of esters is 1. The minimum atomic E-state index is -0.659. The zero-order valence-electron chi connectivity index (χ0n) is 22.2. The fourth-order valence-electron chi connectivity index (χ4n) is 4.11. The Morgan fingerprint density at radius 2 is 2.08 bits per heavy atom. The van der Waals surface area contributed by atoms with Crippen LogP contribution in [0.3, 0.4) is 0 Å². The fourth-order valence-corrected chi connectivity index (χ4v) is 4.11. The van der Waals surface area contributed by atoms with E-state index < -0.39 is 12.1 Å². The number of likely N-dealkylation sites (N-methyl/N-ethyl adjacent to an activating group) is 1. The molecular weight excluding hydrogens is 474 g/mol. The summed E-state index contributed by atoms with van der Waals surface area (Å²) >= 11 is 0. The zero-order chi connectivity index (χ0) is 26.8. The molecule has 0 radical (unpaired) electrons. The van der Waals surface area contributed by atoms with Crippen LogP contribution in [-0.4, -0.2) is 87.5 Å². The molecule has 2 aromatic rings. The normalized spacial score (nSPS) is 15.1. The van der Waals surface area contributed by atoms with Gasteiger partial charge in [-0.2, -0.15) is 0 Å². The van der Waals surface area contributed by atoms with Crippen molar-refractivity contribution in [1.82, 2.24) is 10.3 Å². The second kappa shape index (κ2) is 13.9. The highest BCUT2D eigenvalue weighted by Crippen LogP contribution is 2.38. The predicted molar refractivity (Wildman–Crippen MR) is 145 cm³/mol. The van der Waals surface area contributed by atoms with Gasteiger partial charge in [0, 0.05) is 37.5 Å². The Balaban J connectivity index is 2.20. The molecule has 1 saturated heterocycles. The number of benzene rings is 1. The van der Waals surface area contributed by atoms with Crippen LogP contribution in [0.15, 0.2) is 24.3 Å². The molecular formula is C27H39N5O5. The average molecular weight is 514 g/mol. The molecule has 37 heavy (non-hydrogen) atoms. The number of hydrogen-bond donors (Lipinski definition) is 4. The molecule has 10 nitrogen and oxygen atoms in total. The molecule has 0 spiro atoms. The number of aromatic nitrogens is 1. The third-order valence-electron chi connectivity index (χ3n) is 6.14. The molecule has 10 heteroatoms. The highest BCUT2D eigenvalue weighted by atomic mass is 16.5. The summed E-state index contributed by atoms with van der Waals surface area (Å²) in [6, 6.07) is 7.40. The molecule has 1 aliphatic rings. The van der Waals surface area contributed by atoms with Crippen molar-refractivity contribution in [3.8, 4) is 17.0 Å². The number of pyridine rings is 1. The molecule has 2 unspecified atom stereocenters. The number of anilines is 2. The largest absolute Gasteiger partial charge is 0.491 e. The topological polar surface area (TPSA) is 129 Å². The molecule has 0 bridgehead atoms. The number of hydrogen-bond acceptors (Lipinski definition) is 10. The van der Waals surface area contributed by atoms with Gasteiger partial charge in [0.25, 0.3) is 0 Å². The van der Waals surface area contributed by atoms with E-state index in [4.69, 9.17) is 24.6 Å². The Morgan fingerprint density at radius 1 is 1.32 bits per heavy atom. The summed E-state index contributed by atoms with van der Waals surface area (Å²) < 4.78 is 16.9. The first-order valence-electron chi connectivity index (χ1n) is 12.8. The first-order chi connectivity index (χ1) is 17.9. The summed E-state index contributed by atoms with van der Waals surface area (Å²) in [5, 5.41) is 24.6. The predicted octanol–water partition coefficient (Wildman–Crippen LogP) is 2.93. The van der Waals surface area contributed by atoms with Crippen LogP contribution in [0.1, 0.15) is 43.1 Å². The molecule has 1 aromatic heterocycles. The maximum atomic E-state index is 13.4. The number of carbonyl (C=O) groups excluding carboxylic acids is 1. The molecule has 4 N–H and O–H groups in total. The quantitative estimate of drug-likeness (QED) is 0.236. The van der Waals surface area contributed by atoms with Gasteiger partial charge in [0.2, 0.25) is 0 Å². The summed E-state index contributed by atoms with van der Waals surface area (Å²) in [7, 11) is 1.77. The van der Waals surface area contributed by atoms with Gasteiger partial charge in [-0.25, -0.2) is 9.78 Å². The molecule has 202 valence electrons. The van der Waals surface area contributed by atoms with E-state index in [1.54, 1.807) is 26.1 Å². The van der Waals surface area contributed by atoms with Gasteiger partial charge in [-0.3, -0.25) is 0 Å². The van der Waals surface area contributed by atoms with Crippen LogP contribution in [-0.2, 0) is 9.47 Å². The highest BCUT2D eigenvalue weighted by Gasteiger charge is 2.30. The van der Waals surface area contributed by atoms with Gasteiger partial charge in [-0.1, -0.05) is 19.1 Å². The van der Waals surface area contributed by atoms with Crippen LogP contribution in [0.4, 0.5) is 11.5 Å². The minimum absolute atomic E-state index is 0.105. The van der Waals surface area contributed by atoms with E-state index in [0.29, 0.717) is 72.5 Å². The Labute approximate surface area is 218 Å². The van der Waals surface area contributed by atoms with Crippen LogP contribution >= 0.6 is 0 Å². The van der Waals surface area contributed by atoms with Gasteiger partial charge in [0.15, 0.2) is 0 Å². The molecule has 1 fully saturated rings. The van der Waals surface area contributed by atoms with E-state index in [-0.39, 0.29) is 19.3 Å². The molecule has 0 aliphatic carbocycles. The SMILES string of the molecule is CCOC(=O)c1c(-c2cccc(OCC(O)CNC)c2)nc(NC(C)CC)c(C=N)c1N1CCOCC1. The van der Waals surface area contributed by atoms with Crippen LogP contribution in [0.25, 0.3) is 11.3 Å². The van der Waals surface area contributed by atoms with Crippen LogP contribution in [0, 0.1) is 5.41 Å². The van der Waals surface area contributed by atoms with Crippen LogP contribution < -0.4 is 20.3 Å². The van der Waals surface area contributed by atoms with Crippen molar-refractivity contribution >= 4 is 23.7 Å². The van der Waals surface area contributed by atoms with E-state index >= 15 is 0 Å². The summed E-state index contributed by atoms with van der Waals surface area (Å²) in [5.41, 5.74) is 2.57. The lowest BCUT2D eigenvalue weighted by molar-refractivity contribution is 0.0526. The van der Waals surface area contributed by atoms with E-state index in [1.807, 2.05) is 19.1 Å². The molecule has 3 rings (SSSR count). The van der Waals surface area contributed by atoms with Crippen molar-refractivity contribution < 1.29 is 24.1 Å². The van der Waals surface area contributed by atoms with E-state index in [2.05, 4.69) is 22.5 Å². The zero-order valence-corrected chi connectivity index (χ0v) is 22.2. The van der Waals surface area contributed by atoms with Gasteiger partial charge in [-0.05, 0) is 39.4 Å². The Bertz CT molecular complexity index is 1060. The fraction of sp³-hybridized carbons (Fsp3) is 0.519. The second-order valence-corrected chi connectivity index (χ2v) is 8.91. The second-order valence-electron chi connectivity index (χ2n) is 8.91. The lowest BCUT2D eigenvalue weighted by Crippen LogP contribution is -2.38. The number of rotatable bonds is 13. The van der Waals surface area contributed by atoms with Crippen LogP contribution in [0.5, 0.6) is 5.75 Å². The van der Waals surface area contributed by atoms with Crippen molar-refractivity contribution in [2.75, 3.05) is 63.3 Å². The lowest BCUT2D eigenvalue weighted by Gasteiger charge is -2.33. The van der Waals surface area contributed by atoms with Crippen LogP contribution in [0.2, 0.25) is 0 Å². The lowest BCUT2D eigenvalue weighted by atomic mass is 9.99. The summed E-state index contributed by atoms with van der Waals surface area (Å²) in [6.45, 7) is 8.81. The number of aliphatic hydroxyl groups is 1.